The van der Waals surface area contributed by atoms with Crippen LogP contribution < -0.4 is 10.6 Å². The molecule has 0 bridgehead atoms. The minimum Gasteiger partial charge on any atom is -0.465 e. The van der Waals surface area contributed by atoms with E-state index < -0.39 is 11.0 Å². The highest BCUT2D eigenvalue weighted by atomic mass is 16.6. The summed E-state index contributed by atoms with van der Waals surface area (Å²) < 4.78 is 0. The molecule has 0 unspecified atom stereocenters. The Hall–Kier alpha value is -2.65. The molecule has 0 atom stereocenters. The molecule has 2 fully saturated rings. The van der Waals surface area contributed by atoms with Gasteiger partial charge in [-0.15, -0.1) is 0 Å². The highest BCUT2D eigenvalue weighted by Crippen LogP contribution is 2.34. The van der Waals surface area contributed by atoms with Crippen LogP contribution in [0.5, 0.6) is 0 Å². The average Bonchev–Trinajstić information content (AvgIpc) is 2.54. The Labute approximate surface area is 144 Å². The van der Waals surface area contributed by atoms with Gasteiger partial charge in [-0.2, -0.15) is 4.98 Å². The number of nitro groups is 1. The Bertz CT molecular complexity index is 670. The van der Waals surface area contributed by atoms with E-state index in [0.29, 0.717) is 31.9 Å². The van der Waals surface area contributed by atoms with Crippen molar-refractivity contribution in [2.24, 2.45) is 0 Å². The van der Waals surface area contributed by atoms with Crippen molar-refractivity contribution in [1.29, 1.82) is 0 Å². The van der Waals surface area contributed by atoms with Crippen molar-refractivity contribution in [2.45, 2.75) is 50.6 Å². The van der Waals surface area contributed by atoms with Gasteiger partial charge in [0.05, 0.1) is 4.92 Å². The third-order valence-electron chi connectivity index (χ3n) is 4.94. The summed E-state index contributed by atoms with van der Waals surface area (Å²) in [6.07, 6.45) is 4.61. The SMILES string of the molecule is CC1(Nc2ncc([N+](=O)[O-])c(NC3CCN(C(=O)O)CC3)n2)CCC1. The van der Waals surface area contributed by atoms with E-state index in [-0.39, 0.29) is 23.1 Å². The maximum Gasteiger partial charge on any atom is 0.407 e. The van der Waals surface area contributed by atoms with Crippen LogP contribution in [0.15, 0.2) is 6.20 Å². The zero-order valence-electron chi connectivity index (χ0n) is 14.1. The molecule has 10 nitrogen and oxygen atoms in total. The molecule has 10 heteroatoms. The molecule has 25 heavy (non-hydrogen) atoms. The fourth-order valence-corrected chi connectivity index (χ4v) is 3.19. The van der Waals surface area contributed by atoms with Crippen molar-refractivity contribution in [3.8, 4) is 0 Å². The second kappa shape index (κ2) is 6.69. The number of nitrogens with one attached hydrogen (secondary N) is 2. The summed E-state index contributed by atoms with van der Waals surface area (Å²) in [6.45, 7) is 2.88. The van der Waals surface area contributed by atoms with Crippen molar-refractivity contribution >= 4 is 23.5 Å². The molecule has 2 heterocycles. The Balaban J connectivity index is 1.72. The maximum absolute atomic E-state index is 11.2. The molecule has 0 spiro atoms. The summed E-state index contributed by atoms with van der Waals surface area (Å²) in [6, 6.07) is -0.0589. The first-order valence-corrected chi connectivity index (χ1v) is 8.40. The van der Waals surface area contributed by atoms with Crippen molar-refractivity contribution in [2.75, 3.05) is 23.7 Å². The normalized spacial score (nSPS) is 19.8. The van der Waals surface area contributed by atoms with Gasteiger partial charge in [0.2, 0.25) is 11.8 Å². The van der Waals surface area contributed by atoms with Gasteiger partial charge >= 0.3 is 11.8 Å². The van der Waals surface area contributed by atoms with Gasteiger partial charge in [0.25, 0.3) is 0 Å². The van der Waals surface area contributed by atoms with E-state index in [1.165, 1.54) is 11.1 Å². The minimum absolute atomic E-state index is 0.0553. The third-order valence-corrected chi connectivity index (χ3v) is 4.94. The fraction of sp³-hybridized carbons (Fsp3) is 0.667. The molecule has 1 saturated carbocycles. The lowest BCUT2D eigenvalue weighted by molar-refractivity contribution is -0.384. The molecular formula is C15H22N6O4. The number of hydrogen-bond donors (Lipinski definition) is 3. The monoisotopic (exact) mass is 350 g/mol. The minimum atomic E-state index is -0.938. The van der Waals surface area contributed by atoms with Crippen LogP contribution in [0.3, 0.4) is 0 Å². The number of hydrogen-bond acceptors (Lipinski definition) is 7. The first-order valence-electron chi connectivity index (χ1n) is 8.40. The standard InChI is InChI=1S/C15H22N6O4/c1-15(5-2-6-15)19-13-16-9-11(21(24)25)12(18-13)17-10-3-7-20(8-4-10)14(22)23/h9-10H,2-8H2,1H3,(H,22,23)(H2,16,17,18,19). The molecule has 2 aliphatic rings. The summed E-state index contributed by atoms with van der Waals surface area (Å²) in [7, 11) is 0. The molecule has 136 valence electrons. The second-order valence-corrected chi connectivity index (χ2v) is 6.91. The zero-order chi connectivity index (χ0) is 18.0. The largest absolute Gasteiger partial charge is 0.465 e. The van der Waals surface area contributed by atoms with E-state index in [1.807, 2.05) is 0 Å². The smallest absolute Gasteiger partial charge is 0.407 e. The van der Waals surface area contributed by atoms with Crippen molar-refractivity contribution in [3.63, 3.8) is 0 Å². The van der Waals surface area contributed by atoms with Crippen LogP contribution in [0.2, 0.25) is 0 Å². The fourth-order valence-electron chi connectivity index (χ4n) is 3.19. The van der Waals surface area contributed by atoms with Crippen molar-refractivity contribution in [1.82, 2.24) is 14.9 Å². The number of carbonyl (C=O) groups is 1. The second-order valence-electron chi connectivity index (χ2n) is 6.91. The highest BCUT2D eigenvalue weighted by Gasteiger charge is 2.33. The Kier molecular flexibility index (Phi) is 4.60. The molecule has 1 aromatic rings. The van der Waals surface area contributed by atoms with Crippen LogP contribution in [0.25, 0.3) is 0 Å². The number of rotatable bonds is 5. The summed E-state index contributed by atoms with van der Waals surface area (Å²) >= 11 is 0. The molecule has 0 radical (unpaired) electrons. The van der Waals surface area contributed by atoms with Crippen molar-refractivity contribution in [3.05, 3.63) is 16.3 Å². The van der Waals surface area contributed by atoms with Crippen LogP contribution >= 0.6 is 0 Å². The van der Waals surface area contributed by atoms with Gasteiger partial charge in [-0.3, -0.25) is 10.1 Å². The number of amides is 1. The molecule has 3 rings (SSSR count). The van der Waals surface area contributed by atoms with Crippen LogP contribution in [0, 0.1) is 10.1 Å². The van der Waals surface area contributed by atoms with Crippen LogP contribution in [-0.4, -0.2) is 55.7 Å². The van der Waals surface area contributed by atoms with E-state index in [4.69, 9.17) is 5.11 Å². The average molecular weight is 350 g/mol. The summed E-state index contributed by atoms with van der Waals surface area (Å²) in [5.41, 5.74) is -0.231. The molecular weight excluding hydrogens is 328 g/mol. The van der Waals surface area contributed by atoms with Gasteiger partial charge < -0.3 is 20.6 Å². The van der Waals surface area contributed by atoms with E-state index in [1.54, 1.807) is 0 Å². The van der Waals surface area contributed by atoms with Gasteiger partial charge in [0.1, 0.15) is 6.20 Å². The molecule has 0 aromatic carbocycles. The molecule has 1 aliphatic carbocycles. The van der Waals surface area contributed by atoms with Gasteiger partial charge in [0.15, 0.2) is 0 Å². The molecule has 1 amide bonds. The number of anilines is 2. The zero-order valence-corrected chi connectivity index (χ0v) is 14.1. The molecule has 1 aliphatic heterocycles. The summed E-state index contributed by atoms with van der Waals surface area (Å²) in [5, 5.41) is 26.6. The van der Waals surface area contributed by atoms with Crippen molar-refractivity contribution < 1.29 is 14.8 Å². The van der Waals surface area contributed by atoms with Crippen LogP contribution in [-0.2, 0) is 0 Å². The van der Waals surface area contributed by atoms with Crippen LogP contribution in [0.4, 0.5) is 22.2 Å². The molecule has 1 aromatic heterocycles. The van der Waals surface area contributed by atoms with E-state index >= 15 is 0 Å². The number of carboxylic acid groups (broad SMARTS) is 1. The lowest BCUT2D eigenvalue weighted by Gasteiger charge is -2.39. The van der Waals surface area contributed by atoms with Crippen LogP contribution in [0.1, 0.15) is 39.0 Å². The van der Waals surface area contributed by atoms with Gasteiger partial charge in [-0.05, 0) is 39.0 Å². The Morgan fingerprint density at radius 3 is 2.64 bits per heavy atom. The molecule has 1 saturated heterocycles. The quantitative estimate of drug-likeness (QED) is 0.544. The number of piperidine rings is 1. The number of aromatic nitrogens is 2. The van der Waals surface area contributed by atoms with E-state index in [9.17, 15) is 14.9 Å². The van der Waals surface area contributed by atoms with Gasteiger partial charge in [-0.25, -0.2) is 9.78 Å². The molecule has 3 N–H and O–H groups in total. The van der Waals surface area contributed by atoms with E-state index in [2.05, 4.69) is 27.5 Å². The highest BCUT2D eigenvalue weighted by molar-refractivity contribution is 5.65. The summed E-state index contributed by atoms with van der Waals surface area (Å²) in [5.74, 6) is 0.553. The number of likely N-dealkylation sites (tertiary alicyclic amines) is 1. The maximum atomic E-state index is 11.2. The lowest BCUT2D eigenvalue weighted by Crippen LogP contribution is -2.42. The first kappa shape index (κ1) is 17.2. The predicted molar refractivity (Wildman–Crippen MR) is 90.8 cm³/mol. The first-order chi connectivity index (χ1) is 11.9. The summed E-state index contributed by atoms with van der Waals surface area (Å²) in [4.78, 5) is 31.4. The van der Waals surface area contributed by atoms with Gasteiger partial charge in [-0.1, -0.05) is 0 Å². The topological polar surface area (TPSA) is 134 Å². The Morgan fingerprint density at radius 1 is 1.44 bits per heavy atom. The number of nitrogens with zero attached hydrogens (tertiary/aromatic N) is 4. The third kappa shape index (κ3) is 3.89. The predicted octanol–water partition coefficient (Wildman–Crippen LogP) is 2.29. The Morgan fingerprint density at radius 2 is 2.12 bits per heavy atom. The lowest BCUT2D eigenvalue weighted by atomic mass is 9.79. The van der Waals surface area contributed by atoms with E-state index in [0.717, 1.165) is 19.3 Å². The van der Waals surface area contributed by atoms with Gasteiger partial charge in [0, 0.05) is 24.7 Å².